The maximum absolute atomic E-state index is 12.3. The average molecular weight is 325 g/mol. The van der Waals surface area contributed by atoms with Gasteiger partial charge in [0.15, 0.2) is 0 Å². The summed E-state index contributed by atoms with van der Waals surface area (Å²) in [6.07, 6.45) is 10.3. The summed E-state index contributed by atoms with van der Waals surface area (Å²) < 4.78 is 2.86. The van der Waals surface area contributed by atoms with E-state index in [1.807, 2.05) is 12.1 Å². The highest BCUT2D eigenvalue weighted by Crippen LogP contribution is 2.38. The van der Waals surface area contributed by atoms with Gasteiger partial charge in [0.1, 0.15) is 0 Å². The monoisotopic (exact) mass is 325 g/mol. The number of rotatable bonds is 3. The summed E-state index contributed by atoms with van der Waals surface area (Å²) in [5.41, 5.74) is 6.65. The van der Waals surface area contributed by atoms with Gasteiger partial charge in [0.2, 0.25) is 0 Å². The Morgan fingerprint density at radius 2 is 1.83 bits per heavy atom. The predicted octanol–water partition coefficient (Wildman–Crippen LogP) is 3.89. The van der Waals surface area contributed by atoms with Gasteiger partial charge in [-0.05, 0) is 84.9 Å². The lowest BCUT2D eigenvalue weighted by molar-refractivity contribution is 0.257. The number of carbonyl (C=O) groups is 1. The van der Waals surface area contributed by atoms with E-state index in [-0.39, 0.29) is 6.03 Å². The summed E-state index contributed by atoms with van der Waals surface area (Å²) in [7, 11) is 0. The van der Waals surface area contributed by atoms with Crippen LogP contribution in [0, 0.1) is 0 Å². The highest BCUT2D eigenvalue weighted by Gasteiger charge is 2.24. The normalized spacial score (nSPS) is 15.1. The van der Waals surface area contributed by atoms with Crippen LogP contribution in [0.1, 0.15) is 35.1 Å². The minimum absolute atomic E-state index is 0.159. The zero-order chi connectivity index (χ0) is 15.6. The largest absolute Gasteiger partial charge is 0.329 e. The van der Waals surface area contributed by atoms with E-state index in [4.69, 9.17) is 0 Å². The van der Waals surface area contributed by atoms with E-state index in [0.717, 1.165) is 36.3 Å². The van der Waals surface area contributed by atoms with Gasteiger partial charge in [-0.1, -0.05) is 6.07 Å². The highest BCUT2D eigenvalue weighted by atomic mass is 32.2. The molecule has 23 heavy (non-hydrogen) atoms. The van der Waals surface area contributed by atoms with Crippen LogP contribution in [0.25, 0.3) is 0 Å². The number of carbonyl (C=O) groups excluding carboxylic acids is 1. The van der Waals surface area contributed by atoms with E-state index in [2.05, 4.69) is 21.1 Å². The molecule has 1 aromatic carbocycles. The molecule has 0 aliphatic heterocycles. The molecule has 2 N–H and O–H groups in total. The molecule has 0 radical (unpaired) electrons. The summed E-state index contributed by atoms with van der Waals surface area (Å²) >= 11 is 1.29. The van der Waals surface area contributed by atoms with Gasteiger partial charge in [0.05, 0.1) is 0 Å². The van der Waals surface area contributed by atoms with E-state index in [0.29, 0.717) is 0 Å². The molecule has 5 heteroatoms. The van der Waals surface area contributed by atoms with Crippen LogP contribution in [-0.4, -0.2) is 11.0 Å². The average Bonchev–Trinajstić information content (AvgIpc) is 3.22. The molecule has 4 nitrogen and oxygen atoms in total. The highest BCUT2D eigenvalue weighted by molar-refractivity contribution is 7.98. The van der Waals surface area contributed by atoms with Crippen LogP contribution in [0.4, 0.5) is 10.5 Å². The number of fused-ring (bicyclic) bond motifs is 2. The number of hydrogen-bond donors (Lipinski definition) is 2. The van der Waals surface area contributed by atoms with Crippen LogP contribution in [-0.2, 0) is 25.7 Å². The number of hydrogen-bond acceptors (Lipinski definition) is 3. The first kappa shape index (κ1) is 14.6. The number of pyridine rings is 1. The van der Waals surface area contributed by atoms with E-state index >= 15 is 0 Å². The molecule has 118 valence electrons. The Kier molecular flexibility index (Phi) is 3.95. The van der Waals surface area contributed by atoms with Crippen molar-refractivity contribution in [2.24, 2.45) is 0 Å². The summed E-state index contributed by atoms with van der Waals surface area (Å²) in [5, 5.41) is 3.12. The van der Waals surface area contributed by atoms with Gasteiger partial charge in [-0.3, -0.25) is 9.71 Å². The van der Waals surface area contributed by atoms with Crippen LogP contribution in [0.5, 0.6) is 0 Å². The number of nitrogens with one attached hydrogen (secondary N) is 2. The van der Waals surface area contributed by atoms with E-state index in [1.165, 1.54) is 47.0 Å². The van der Waals surface area contributed by atoms with Crippen molar-refractivity contribution < 1.29 is 4.79 Å². The molecule has 2 amide bonds. The molecule has 0 atom stereocenters. The zero-order valence-corrected chi connectivity index (χ0v) is 13.7. The van der Waals surface area contributed by atoms with E-state index in [1.54, 1.807) is 12.4 Å². The number of amides is 2. The second-order valence-corrected chi connectivity index (χ2v) is 6.96. The number of aryl methyl sites for hydroxylation is 2. The lowest BCUT2D eigenvalue weighted by atomic mass is 9.99. The van der Waals surface area contributed by atoms with Gasteiger partial charge >= 0.3 is 6.03 Å². The zero-order valence-electron chi connectivity index (χ0n) is 12.9. The van der Waals surface area contributed by atoms with Crippen LogP contribution in [0.3, 0.4) is 0 Å². The second kappa shape index (κ2) is 6.24. The summed E-state index contributed by atoms with van der Waals surface area (Å²) in [6, 6.07) is 6.00. The van der Waals surface area contributed by atoms with Gasteiger partial charge in [-0.15, -0.1) is 0 Å². The second-order valence-electron chi connectivity index (χ2n) is 6.08. The van der Waals surface area contributed by atoms with Crippen LogP contribution >= 0.6 is 11.9 Å². The molecule has 0 fully saturated rings. The maximum atomic E-state index is 12.3. The molecule has 0 bridgehead atoms. The van der Waals surface area contributed by atoms with Gasteiger partial charge in [0, 0.05) is 23.0 Å². The molecule has 0 unspecified atom stereocenters. The molecule has 2 aromatic rings. The molecule has 1 heterocycles. The van der Waals surface area contributed by atoms with Crippen molar-refractivity contribution in [2.45, 2.75) is 43.4 Å². The lowest BCUT2D eigenvalue weighted by Crippen LogP contribution is -2.24. The Hall–Kier alpha value is -2.01. The van der Waals surface area contributed by atoms with Gasteiger partial charge < -0.3 is 5.32 Å². The quantitative estimate of drug-likeness (QED) is 0.842. The third-order valence-corrected chi connectivity index (χ3v) is 5.37. The first-order chi connectivity index (χ1) is 11.3. The molecule has 4 rings (SSSR count). The Morgan fingerprint density at radius 1 is 1.09 bits per heavy atom. The van der Waals surface area contributed by atoms with Crippen molar-refractivity contribution in [3.63, 3.8) is 0 Å². The van der Waals surface area contributed by atoms with Crippen LogP contribution < -0.4 is 10.0 Å². The fourth-order valence-electron chi connectivity index (χ4n) is 3.62. The number of benzene rings is 1. The predicted molar refractivity (Wildman–Crippen MR) is 92.7 cm³/mol. The van der Waals surface area contributed by atoms with Crippen molar-refractivity contribution in [1.29, 1.82) is 0 Å². The molecule has 1 aromatic heterocycles. The van der Waals surface area contributed by atoms with Crippen LogP contribution in [0.15, 0.2) is 35.5 Å². The third-order valence-electron chi connectivity index (χ3n) is 4.61. The van der Waals surface area contributed by atoms with Crippen molar-refractivity contribution in [1.82, 2.24) is 9.71 Å². The van der Waals surface area contributed by atoms with Crippen molar-refractivity contribution in [3.8, 4) is 0 Å². The van der Waals surface area contributed by atoms with Crippen LogP contribution in [0.2, 0.25) is 0 Å². The molecular formula is C18H19N3OS. The smallest absolute Gasteiger partial charge is 0.307 e. The Labute approximate surface area is 140 Å². The number of anilines is 1. The Balaban J connectivity index is 1.51. The number of urea groups is 1. The van der Waals surface area contributed by atoms with E-state index < -0.39 is 0 Å². The maximum Gasteiger partial charge on any atom is 0.329 e. The fourth-order valence-corrected chi connectivity index (χ4v) is 4.14. The topological polar surface area (TPSA) is 54.0 Å². The minimum atomic E-state index is -0.159. The molecule has 0 spiro atoms. The first-order valence-electron chi connectivity index (χ1n) is 8.11. The molecule has 0 saturated carbocycles. The third kappa shape index (κ3) is 2.93. The van der Waals surface area contributed by atoms with Crippen molar-refractivity contribution in [2.75, 3.05) is 5.32 Å². The standard InChI is InChI=1S/C18H19N3OS/c22-18(21-23-14-6-3-9-19-11-14)20-17-15-7-1-4-12(15)10-13-5-2-8-16(13)17/h3,6,9-11H,1-2,4-5,7-8H2,(H2,20,21,22). The molecular weight excluding hydrogens is 306 g/mol. The van der Waals surface area contributed by atoms with Crippen molar-refractivity contribution >= 4 is 23.7 Å². The lowest BCUT2D eigenvalue weighted by Gasteiger charge is -2.16. The Bertz CT molecular complexity index is 713. The fraction of sp³-hybridized carbons (Fsp3) is 0.333. The van der Waals surface area contributed by atoms with Crippen molar-refractivity contribution in [3.05, 3.63) is 52.8 Å². The van der Waals surface area contributed by atoms with Gasteiger partial charge in [-0.25, -0.2) is 4.79 Å². The Morgan fingerprint density at radius 3 is 2.48 bits per heavy atom. The molecule has 2 aliphatic rings. The molecule has 0 saturated heterocycles. The van der Waals surface area contributed by atoms with E-state index in [9.17, 15) is 4.79 Å². The molecule has 2 aliphatic carbocycles. The summed E-state index contributed by atoms with van der Waals surface area (Å²) in [6.45, 7) is 0. The number of nitrogens with zero attached hydrogens (tertiary/aromatic N) is 1. The first-order valence-corrected chi connectivity index (χ1v) is 8.93. The number of aromatic nitrogens is 1. The summed E-state index contributed by atoms with van der Waals surface area (Å²) in [5.74, 6) is 0. The minimum Gasteiger partial charge on any atom is -0.307 e. The SMILES string of the molecule is O=C(NSc1cccnc1)Nc1c2c(cc3c1CCC3)CCC2. The summed E-state index contributed by atoms with van der Waals surface area (Å²) in [4.78, 5) is 17.3. The van der Waals surface area contributed by atoms with Gasteiger partial charge in [-0.2, -0.15) is 0 Å². The van der Waals surface area contributed by atoms with Gasteiger partial charge in [0.25, 0.3) is 0 Å².